The second-order valence-electron chi connectivity index (χ2n) is 5.85. The first kappa shape index (κ1) is 40.6. The summed E-state index contributed by atoms with van der Waals surface area (Å²) in [5.41, 5.74) is 0.764. The third-order valence-electron chi connectivity index (χ3n) is 3.55. The average molecular weight is 628 g/mol. The van der Waals surface area contributed by atoms with Crippen LogP contribution in [0.3, 0.4) is 0 Å². The molecule has 0 aliphatic heterocycles. The standard InChI is InChI=1S/C19H22N2O5.Cu.2NO3.H2O.Zn/c1-25-16-7-3-5-13(18(16)23)9-20-11-15(22)12-21-10-14-6-4-8-17(26-2)19(14)24;;2*2-1(3)4;;/h3-10,15,22-24H,11-12H2,1-2H3;;;;1H2;/q;+2;2*-1;;+2/p-1. The molecule has 0 fully saturated rings. The number of aliphatic hydroxyl groups is 1. The van der Waals surface area contributed by atoms with Crippen molar-refractivity contribution >= 4 is 12.4 Å². The van der Waals surface area contributed by atoms with Gasteiger partial charge in [0.25, 0.3) is 0 Å². The van der Waals surface area contributed by atoms with Gasteiger partial charge in [-0.15, -0.1) is 0 Å². The fourth-order valence-corrected chi connectivity index (χ4v) is 2.19. The first-order valence-electron chi connectivity index (χ1n) is 9.02. The van der Waals surface area contributed by atoms with Crippen molar-refractivity contribution in [3.63, 3.8) is 0 Å². The summed E-state index contributed by atoms with van der Waals surface area (Å²) in [7, 11) is 2.85. The summed E-state index contributed by atoms with van der Waals surface area (Å²) in [4.78, 5) is 24.6. The number of benzene rings is 2. The monoisotopic (exact) mass is 626 g/mol. The van der Waals surface area contributed by atoms with Crippen molar-refractivity contribution in [2.24, 2.45) is 9.98 Å². The minimum atomic E-state index is -1.75. The van der Waals surface area contributed by atoms with Gasteiger partial charge in [-0.25, -0.2) is 0 Å². The van der Waals surface area contributed by atoms with E-state index in [1.54, 1.807) is 36.4 Å². The zero-order valence-electron chi connectivity index (χ0n) is 19.5. The van der Waals surface area contributed by atoms with E-state index in [9.17, 15) is 15.3 Å². The Labute approximate surface area is 233 Å². The van der Waals surface area contributed by atoms with E-state index >= 15 is 0 Å². The van der Waals surface area contributed by atoms with Crippen LogP contribution < -0.4 is 19.7 Å². The molecule has 0 bridgehead atoms. The van der Waals surface area contributed by atoms with Gasteiger partial charge in [-0.3, -0.25) is 9.98 Å². The van der Waals surface area contributed by atoms with E-state index in [0.717, 1.165) is 0 Å². The van der Waals surface area contributed by atoms with Gasteiger partial charge in [-0.05, 0) is 23.3 Å². The van der Waals surface area contributed by atoms with E-state index in [-0.39, 0.29) is 78.1 Å². The molecule has 2 rings (SSSR count). The van der Waals surface area contributed by atoms with Crippen molar-refractivity contribution in [3.05, 3.63) is 78.2 Å². The molecular weight excluding hydrogens is 605 g/mol. The van der Waals surface area contributed by atoms with Crippen LogP contribution in [0.2, 0.25) is 0 Å². The van der Waals surface area contributed by atoms with E-state index in [4.69, 9.17) is 40.1 Å². The molecule has 1 radical (unpaired) electrons. The maximum absolute atomic E-state index is 11.9. The van der Waals surface area contributed by atoms with Crippen molar-refractivity contribution in [2.45, 2.75) is 6.10 Å². The third kappa shape index (κ3) is 18.4. The Morgan fingerprint density at radius 1 is 0.838 bits per heavy atom. The van der Waals surface area contributed by atoms with Crippen LogP contribution >= 0.6 is 0 Å². The molecule has 0 spiro atoms. The second-order valence-corrected chi connectivity index (χ2v) is 5.85. The van der Waals surface area contributed by atoms with E-state index in [0.29, 0.717) is 11.1 Å². The Bertz CT molecular complexity index is 912. The maximum atomic E-state index is 11.9. The minimum Gasteiger partial charge on any atom is -0.870 e. The van der Waals surface area contributed by atoms with Gasteiger partial charge in [0, 0.05) is 12.4 Å². The number of para-hydroxylation sites is 2. The van der Waals surface area contributed by atoms with E-state index in [2.05, 4.69) is 9.98 Å². The van der Waals surface area contributed by atoms with Crippen molar-refractivity contribution in [1.82, 2.24) is 0 Å². The minimum absolute atomic E-state index is 0. The molecule has 18 heteroatoms. The van der Waals surface area contributed by atoms with Gasteiger partial charge in [0.2, 0.25) is 0 Å². The van der Waals surface area contributed by atoms with Crippen LogP contribution in [-0.4, -0.2) is 61.1 Å². The summed E-state index contributed by atoms with van der Waals surface area (Å²) in [5.74, 6) is -0.0314. The number of nitrogens with zero attached hydrogens (tertiary/aromatic N) is 4. The number of hydrogen-bond donors (Lipinski definition) is 1. The predicted octanol–water partition coefficient (Wildman–Crippen LogP) is -0.655. The van der Waals surface area contributed by atoms with Crippen LogP contribution in [0.1, 0.15) is 11.1 Å². The smallest absolute Gasteiger partial charge is 0.870 e. The molecule has 0 saturated carbocycles. The molecule has 2 aromatic rings. The van der Waals surface area contributed by atoms with E-state index in [1.807, 2.05) is 0 Å². The number of hydrogen-bond acceptors (Lipinski definition) is 13. The molecule has 2 aromatic carbocycles. The first-order chi connectivity index (χ1) is 16.0. The largest absolute Gasteiger partial charge is 2.00 e. The zero-order valence-corrected chi connectivity index (χ0v) is 23.4. The Morgan fingerprint density at radius 3 is 1.41 bits per heavy atom. The molecule has 0 heterocycles. The van der Waals surface area contributed by atoms with Gasteiger partial charge in [0.05, 0.1) is 43.6 Å². The van der Waals surface area contributed by atoms with Gasteiger partial charge in [0.15, 0.2) is 0 Å². The van der Waals surface area contributed by atoms with E-state index < -0.39 is 16.3 Å². The Kier molecular flexibility index (Phi) is 25.1. The number of rotatable bonds is 8. The van der Waals surface area contributed by atoms with Crippen molar-refractivity contribution in [3.8, 4) is 23.0 Å². The van der Waals surface area contributed by atoms with Crippen LogP contribution in [0, 0.1) is 30.6 Å². The quantitative estimate of drug-likeness (QED) is 0.126. The van der Waals surface area contributed by atoms with Crippen molar-refractivity contribution in [2.75, 3.05) is 27.3 Å². The first-order valence-corrected chi connectivity index (χ1v) is 9.02. The van der Waals surface area contributed by atoms with Gasteiger partial charge >= 0.3 is 36.5 Å². The van der Waals surface area contributed by atoms with Crippen molar-refractivity contribution < 1.29 is 77.0 Å². The molecule has 0 unspecified atom stereocenters. The van der Waals surface area contributed by atoms with Gasteiger partial charge in [-0.1, -0.05) is 35.8 Å². The molecule has 0 aliphatic rings. The van der Waals surface area contributed by atoms with Gasteiger partial charge < -0.3 is 60.9 Å². The Hall–Kier alpha value is -3.56. The summed E-state index contributed by atoms with van der Waals surface area (Å²) in [6.45, 7) is 0.159. The fraction of sp³-hybridized carbons (Fsp3) is 0.263. The molecule has 0 aliphatic carbocycles. The molecule has 0 saturated heterocycles. The van der Waals surface area contributed by atoms with Crippen LogP contribution in [0.4, 0.5) is 0 Å². The summed E-state index contributed by atoms with van der Waals surface area (Å²) in [5, 5.41) is 63.3. The summed E-state index contributed by atoms with van der Waals surface area (Å²) >= 11 is 0. The SMILES string of the molecule is COc1cccc(C=NCC(O)CN=Cc2cccc(OC)c2[O-])c1[O-].O=[N+]([O-])[O-].O=[N+]([O-])[O-].[Cu+2].[OH3+].[Zn+2]. The van der Waals surface area contributed by atoms with Gasteiger partial charge in [0.1, 0.15) is 11.5 Å². The topological polar surface area (TPSA) is 275 Å². The molecule has 0 amide bonds. The molecule has 0 atom stereocenters. The summed E-state index contributed by atoms with van der Waals surface area (Å²) in [6.07, 6.45) is 1.97. The maximum Gasteiger partial charge on any atom is 2.00 e. The summed E-state index contributed by atoms with van der Waals surface area (Å²) < 4.78 is 9.91. The van der Waals surface area contributed by atoms with E-state index in [1.165, 1.54) is 26.6 Å². The molecule has 16 nitrogen and oxygen atoms in total. The fourth-order valence-electron chi connectivity index (χ4n) is 2.19. The van der Waals surface area contributed by atoms with Crippen LogP contribution in [0.25, 0.3) is 0 Å². The van der Waals surface area contributed by atoms with Gasteiger partial charge in [-0.2, -0.15) is 0 Å². The summed E-state index contributed by atoms with van der Waals surface area (Å²) in [6, 6.07) is 9.78. The number of aliphatic imine (C=N–C) groups is 2. The van der Waals surface area contributed by atoms with Crippen LogP contribution in [0.5, 0.6) is 23.0 Å². The normalized spacial score (nSPS) is 10.1. The number of aliphatic hydroxyl groups excluding tert-OH is 1. The van der Waals surface area contributed by atoms with Crippen molar-refractivity contribution in [1.29, 1.82) is 0 Å². The van der Waals surface area contributed by atoms with Crippen LogP contribution in [-0.2, 0) is 42.0 Å². The van der Waals surface area contributed by atoms with Crippen LogP contribution in [0.15, 0.2) is 46.4 Å². The zero-order chi connectivity index (χ0) is 26.1. The molecular formula is C19H23CuN4O12Zn+. The third-order valence-corrected chi connectivity index (χ3v) is 3.55. The second kappa shape index (κ2) is 22.9. The average Bonchev–Trinajstić information content (AvgIpc) is 2.75. The number of methoxy groups -OCH3 is 2. The molecule has 203 valence electrons. The molecule has 0 aromatic heterocycles. The number of ether oxygens (including phenoxy) is 2. The predicted molar refractivity (Wildman–Crippen MR) is 121 cm³/mol. The Balaban J connectivity index is -0.000000435. The molecule has 37 heavy (non-hydrogen) atoms. The Morgan fingerprint density at radius 2 is 1.14 bits per heavy atom. The molecule has 4 N–H and O–H groups in total.